The summed E-state index contributed by atoms with van der Waals surface area (Å²) >= 11 is 0. The SMILES string of the molecule is Cc1ccc(-n2nc(C)c3c2N[C@H](c2ccc(N(C)C)cc2)C2=C3CC(C)(C)CC2=O)cc1. The van der Waals surface area contributed by atoms with Crippen molar-refractivity contribution in [1.82, 2.24) is 9.78 Å². The highest BCUT2D eigenvalue weighted by Crippen LogP contribution is 2.51. The second-order valence-corrected chi connectivity index (χ2v) is 10.5. The molecule has 33 heavy (non-hydrogen) atoms. The van der Waals surface area contributed by atoms with Crippen LogP contribution in [0.4, 0.5) is 11.5 Å². The number of benzene rings is 2. The lowest BCUT2D eigenvalue weighted by atomic mass is 9.68. The molecule has 2 aliphatic rings. The van der Waals surface area contributed by atoms with E-state index in [1.54, 1.807) is 0 Å². The van der Waals surface area contributed by atoms with Gasteiger partial charge < -0.3 is 10.2 Å². The summed E-state index contributed by atoms with van der Waals surface area (Å²) < 4.78 is 2.00. The van der Waals surface area contributed by atoms with Crippen LogP contribution in [-0.4, -0.2) is 29.7 Å². The van der Waals surface area contributed by atoms with Crippen molar-refractivity contribution in [2.45, 2.75) is 46.6 Å². The summed E-state index contributed by atoms with van der Waals surface area (Å²) in [7, 11) is 4.08. The molecule has 0 spiro atoms. The van der Waals surface area contributed by atoms with Crippen LogP contribution in [0.1, 0.15) is 55.1 Å². The van der Waals surface area contributed by atoms with Crippen molar-refractivity contribution in [3.05, 3.63) is 76.5 Å². The van der Waals surface area contributed by atoms with Gasteiger partial charge in [0.05, 0.1) is 17.4 Å². The Labute approximate surface area is 196 Å². The molecule has 1 N–H and O–H groups in total. The van der Waals surface area contributed by atoms with Gasteiger partial charge in [-0.1, -0.05) is 43.7 Å². The van der Waals surface area contributed by atoms with Gasteiger partial charge in [0.2, 0.25) is 0 Å². The Kier molecular flexibility index (Phi) is 4.96. The number of rotatable bonds is 3. The molecule has 0 radical (unpaired) electrons. The molecule has 5 rings (SSSR count). The molecule has 0 fully saturated rings. The van der Waals surface area contributed by atoms with Crippen LogP contribution in [0.3, 0.4) is 0 Å². The van der Waals surface area contributed by atoms with Crippen LogP contribution < -0.4 is 10.2 Å². The maximum atomic E-state index is 13.5. The van der Waals surface area contributed by atoms with E-state index >= 15 is 0 Å². The minimum Gasteiger partial charge on any atom is -0.378 e. The number of hydrogen-bond acceptors (Lipinski definition) is 4. The molecule has 0 bridgehead atoms. The molecule has 5 heteroatoms. The van der Waals surface area contributed by atoms with E-state index in [1.165, 1.54) is 5.56 Å². The lowest BCUT2D eigenvalue weighted by Crippen LogP contribution is -2.33. The molecule has 3 aromatic rings. The summed E-state index contributed by atoms with van der Waals surface area (Å²) in [5, 5.41) is 8.65. The third-order valence-corrected chi connectivity index (χ3v) is 6.87. The largest absolute Gasteiger partial charge is 0.378 e. The number of ketones is 1. The average molecular weight is 441 g/mol. The number of carbonyl (C=O) groups is 1. The van der Waals surface area contributed by atoms with Gasteiger partial charge in [0.15, 0.2) is 5.78 Å². The number of hydrogen-bond donors (Lipinski definition) is 1. The third kappa shape index (κ3) is 3.65. The molecule has 1 aliphatic carbocycles. The monoisotopic (exact) mass is 440 g/mol. The number of nitrogens with zero attached hydrogens (tertiary/aromatic N) is 3. The summed E-state index contributed by atoms with van der Waals surface area (Å²) in [6.07, 6.45) is 1.44. The summed E-state index contributed by atoms with van der Waals surface area (Å²) in [5.74, 6) is 1.21. The lowest BCUT2D eigenvalue weighted by molar-refractivity contribution is -0.118. The molecule has 0 amide bonds. The fraction of sp³-hybridized carbons (Fsp3) is 0.357. The van der Waals surface area contributed by atoms with Gasteiger partial charge in [0.1, 0.15) is 5.82 Å². The van der Waals surface area contributed by atoms with Gasteiger partial charge in [-0.05, 0) is 61.1 Å². The Balaban J connectivity index is 1.70. The minimum absolute atomic E-state index is 0.0672. The first-order valence-electron chi connectivity index (χ1n) is 11.6. The number of allylic oxidation sites excluding steroid dienone is 1. The van der Waals surface area contributed by atoms with Gasteiger partial charge in [-0.2, -0.15) is 5.10 Å². The summed E-state index contributed by atoms with van der Waals surface area (Å²) in [6.45, 7) is 8.52. The molecule has 1 aliphatic heterocycles. The van der Waals surface area contributed by atoms with Gasteiger partial charge in [-0.15, -0.1) is 0 Å². The van der Waals surface area contributed by atoms with E-state index < -0.39 is 0 Å². The van der Waals surface area contributed by atoms with Crippen LogP contribution in [0.5, 0.6) is 0 Å². The first kappa shape index (κ1) is 21.5. The Morgan fingerprint density at radius 2 is 1.67 bits per heavy atom. The molecule has 1 atom stereocenters. The predicted molar refractivity (Wildman–Crippen MR) is 135 cm³/mol. The third-order valence-electron chi connectivity index (χ3n) is 6.87. The Morgan fingerprint density at radius 1 is 1.00 bits per heavy atom. The highest BCUT2D eigenvalue weighted by atomic mass is 16.1. The highest BCUT2D eigenvalue weighted by Gasteiger charge is 2.42. The number of carbonyl (C=O) groups excluding carboxylic acids is 1. The van der Waals surface area contributed by atoms with Gasteiger partial charge in [-0.25, -0.2) is 4.68 Å². The van der Waals surface area contributed by atoms with Crippen LogP contribution in [0.25, 0.3) is 11.3 Å². The van der Waals surface area contributed by atoms with Gasteiger partial charge in [0, 0.05) is 37.3 Å². The van der Waals surface area contributed by atoms with Crippen LogP contribution in [-0.2, 0) is 4.79 Å². The van der Waals surface area contributed by atoms with Crippen molar-refractivity contribution in [1.29, 1.82) is 0 Å². The highest BCUT2D eigenvalue weighted by molar-refractivity contribution is 6.09. The first-order valence-corrected chi connectivity index (χ1v) is 11.6. The second-order valence-electron chi connectivity index (χ2n) is 10.5. The summed E-state index contributed by atoms with van der Waals surface area (Å²) in [4.78, 5) is 15.6. The molecule has 170 valence electrons. The Morgan fingerprint density at radius 3 is 2.30 bits per heavy atom. The molecule has 2 heterocycles. The number of aryl methyl sites for hydroxylation is 2. The molecular weight excluding hydrogens is 408 g/mol. The normalized spacial score (nSPS) is 19.1. The zero-order valence-corrected chi connectivity index (χ0v) is 20.4. The van der Waals surface area contributed by atoms with Crippen LogP contribution in [0.15, 0.2) is 54.1 Å². The summed E-state index contributed by atoms with van der Waals surface area (Å²) in [6, 6.07) is 16.7. The molecule has 0 unspecified atom stereocenters. The molecule has 0 saturated heterocycles. The van der Waals surface area contributed by atoms with E-state index in [1.807, 2.05) is 25.7 Å². The lowest BCUT2D eigenvalue weighted by Gasteiger charge is -2.39. The van der Waals surface area contributed by atoms with E-state index in [-0.39, 0.29) is 17.2 Å². The maximum absolute atomic E-state index is 13.5. The van der Waals surface area contributed by atoms with Gasteiger partial charge >= 0.3 is 0 Å². The number of fused-ring (bicyclic) bond motifs is 2. The zero-order chi connectivity index (χ0) is 23.5. The number of Topliss-reactive ketones (excluding diaryl/α,β-unsaturated/α-hetero) is 1. The van der Waals surface area contributed by atoms with E-state index in [0.29, 0.717) is 6.42 Å². The first-order chi connectivity index (χ1) is 15.6. The van der Waals surface area contributed by atoms with E-state index in [9.17, 15) is 4.79 Å². The molecule has 2 aromatic carbocycles. The number of aromatic nitrogens is 2. The van der Waals surface area contributed by atoms with Crippen molar-refractivity contribution in [2.24, 2.45) is 5.41 Å². The standard InChI is InChI=1S/C28H32N4O/c1-17-7-11-21(12-8-17)32-27-24(18(2)30-32)22-15-28(3,4)16-23(33)25(22)26(29-27)19-9-13-20(14-10-19)31(5)6/h7-14,26,29H,15-16H2,1-6H3/t26-/m1/s1. The topological polar surface area (TPSA) is 50.2 Å². The smallest absolute Gasteiger partial charge is 0.162 e. The van der Waals surface area contributed by atoms with Crippen molar-refractivity contribution in [2.75, 3.05) is 24.3 Å². The van der Waals surface area contributed by atoms with Crippen LogP contribution in [0.2, 0.25) is 0 Å². The fourth-order valence-corrected chi connectivity index (χ4v) is 5.21. The maximum Gasteiger partial charge on any atom is 0.162 e. The van der Waals surface area contributed by atoms with Crippen molar-refractivity contribution < 1.29 is 4.79 Å². The minimum atomic E-state index is -0.187. The van der Waals surface area contributed by atoms with Crippen molar-refractivity contribution in [3.63, 3.8) is 0 Å². The number of anilines is 2. The van der Waals surface area contributed by atoms with E-state index in [2.05, 4.69) is 79.5 Å². The fourth-order valence-electron chi connectivity index (χ4n) is 5.21. The predicted octanol–water partition coefficient (Wildman–Crippen LogP) is 5.86. The molecule has 1 aromatic heterocycles. The average Bonchev–Trinajstić information content (AvgIpc) is 3.09. The Hall–Kier alpha value is -3.34. The number of nitrogens with one attached hydrogen (secondary N) is 1. The van der Waals surface area contributed by atoms with Crippen LogP contribution >= 0.6 is 0 Å². The van der Waals surface area contributed by atoms with Gasteiger partial charge in [-0.3, -0.25) is 4.79 Å². The quantitative estimate of drug-likeness (QED) is 0.554. The second kappa shape index (κ2) is 7.62. The Bertz CT molecular complexity index is 1260. The molecular formula is C28H32N4O. The summed E-state index contributed by atoms with van der Waals surface area (Å²) in [5.41, 5.74) is 8.51. The van der Waals surface area contributed by atoms with Crippen molar-refractivity contribution in [3.8, 4) is 5.69 Å². The van der Waals surface area contributed by atoms with Gasteiger partial charge in [0.25, 0.3) is 0 Å². The molecule has 5 nitrogen and oxygen atoms in total. The van der Waals surface area contributed by atoms with E-state index in [0.717, 1.165) is 51.6 Å². The van der Waals surface area contributed by atoms with Crippen LogP contribution in [0, 0.1) is 19.3 Å². The van der Waals surface area contributed by atoms with Crippen molar-refractivity contribution >= 4 is 22.9 Å². The zero-order valence-electron chi connectivity index (χ0n) is 20.4. The molecule has 0 saturated carbocycles. The van der Waals surface area contributed by atoms with E-state index in [4.69, 9.17) is 5.10 Å².